The van der Waals surface area contributed by atoms with E-state index in [0.29, 0.717) is 6.54 Å². The summed E-state index contributed by atoms with van der Waals surface area (Å²) >= 11 is 0. The van der Waals surface area contributed by atoms with Crippen molar-refractivity contribution >= 4 is 0 Å². The van der Waals surface area contributed by atoms with Gasteiger partial charge in [0.25, 0.3) is 0 Å². The zero-order chi connectivity index (χ0) is 8.10. The largest absolute Gasteiger partial charge is 2.00 e. The maximum atomic E-state index is 5.68. The third kappa shape index (κ3) is 4.01. The molecule has 1 atom stereocenters. The van der Waals surface area contributed by atoms with Gasteiger partial charge >= 0.3 is 21.1 Å². The molecule has 0 radical (unpaired) electrons. The fourth-order valence-corrected chi connectivity index (χ4v) is 1.00. The summed E-state index contributed by atoms with van der Waals surface area (Å²) in [7, 11) is 0. The molecule has 2 nitrogen and oxygen atoms in total. The van der Waals surface area contributed by atoms with E-state index in [9.17, 15) is 0 Å². The molecule has 0 fully saturated rings. The van der Waals surface area contributed by atoms with Gasteiger partial charge in [0.05, 0.1) is 0 Å². The van der Waals surface area contributed by atoms with Crippen molar-refractivity contribution < 1.29 is 21.1 Å². The van der Waals surface area contributed by atoms with Crippen molar-refractivity contribution in [1.82, 2.24) is 0 Å². The minimum absolute atomic E-state index is 0. The van der Waals surface area contributed by atoms with Crippen molar-refractivity contribution in [2.75, 3.05) is 6.54 Å². The normalized spacial score (nSPS) is 11.8. The van der Waals surface area contributed by atoms with Crippen molar-refractivity contribution in [2.24, 2.45) is 11.5 Å². The van der Waals surface area contributed by atoms with Crippen LogP contribution in [0.4, 0.5) is 0 Å². The molecule has 0 aliphatic carbocycles. The summed E-state index contributed by atoms with van der Waals surface area (Å²) in [6.45, 7) is 0.550. The van der Waals surface area contributed by atoms with E-state index < -0.39 is 0 Å². The van der Waals surface area contributed by atoms with Crippen LogP contribution in [-0.4, -0.2) is 12.6 Å². The molecule has 0 heterocycles. The molecule has 0 saturated carbocycles. The predicted molar refractivity (Wildman–Crippen MR) is 47.2 cm³/mol. The molecule has 0 aliphatic heterocycles. The van der Waals surface area contributed by atoms with Gasteiger partial charge in [0.1, 0.15) is 0 Å². The Hall–Kier alpha value is -0.172. The molecule has 1 aromatic rings. The molecule has 1 rings (SSSR count). The Morgan fingerprint density at radius 1 is 1.17 bits per heavy atom. The molecule has 1 aromatic carbocycles. The average molecular weight is 345 g/mol. The molecule has 3 heteroatoms. The Balaban J connectivity index is 0.00000121. The second-order valence-electron chi connectivity index (χ2n) is 2.69. The zero-order valence-electron chi connectivity index (χ0n) is 6.85. The van der Waals surface area contributed by atoms with Gasteiger partial charge < -0.3 is 11.5 Å². The van der Waals surface area contributed by atoms with Crippen LogP contribution in [0, 0.1) is 0 Å². The number of hydrogen-bond acceptors (Lipinski definition) is 2. The second-order valence-corrected chi connectivity index (χ2v) is 2.69. The molecule has 0 saturated heterocycles. The van der Waals surface area contributed by atoms with Crippen LogP contribution in [0.5, 0.6) is 0 Å². The molecule has 0 amide bonds. The Bertz CT molecular complexity index is 201. The summed E-state index contributed by atoms with van der Waals surface area (Å²) in [6.07, 6.45) is 0.872. The SMILES string of the molecule is NCC(N)Cc1ccccc1.[Pt+2]. The quantitative estimate of drug-likeness (QED) is 0.839. The molecule has 12 heavy (non-hydrogen) atoms. The van der Waals surface area contributed by atoms with Crippen molar-refractivity contribution in [3.8, 4) is 0 Å². The molecule has 0 aliphatic rings. The monoisotopic (exact) mass is 345 g/mol. The Labute approximate surface area is 87.6 Å². The van der Waals surface area contributed by atoms with Crippen molar-refractivity contribution in [3.63, 3.8) is 0 Å². The second kappa shape index (κ2) is 6.36. The Morgan fingerprint density at radius 3 is 2.25 bits per heavy atom. The predicted octanol–water partition coefficient (Wildman–Crippen LogP) is 0.513. The first-order chi connectivity index (χ1) is 5.33. The fourth-order valence-electron chi connectivity index (χ4n) is 1.00. The van der Waals surface area contributed by atoms with E-state index in [0.717, 1.165) is 6.42 Å². The van der Waals surface area contributed by atoms with E-state index in [4.69, 9.17) is 11.5 Å². The molecular weight excluding hydrogens is 331 g/mol. The fraction of sp³-hybridized carbons (Fsp3) is 0.333. The van der Waals surface area contributed by atoms with Crippen LogP contribution in [0.2, 0.25) is 0 Å². The summed E-state index contributed by atoms with van der Waals surface area (Å²) in [5, 5.41) is 0. The average Bonchev–Trinajstić information content (AvgIpc) is 2.06. The third-order valence-electron chi connectivity index (χ3n) is 1.64. The van der Waals surface area contributed by atoms with Crippen LogP contribution in [0.3, 0.4) is 0 Å². The molecule has 1 unspecified atom stereocenters. The van der Waals surface area contributed by atoms with Crippen LogP contribution >= 0.6 is 0 Å². The van der Waals surface area contributed by atoms with E-state index in [1.165, 1.54) is 5.56 Å². The Kier molecular flexibility index (Phi) is 6.27. The van der Waals surface area contributed by atoms with Crippen LogP contribution in [0.25, 0.3) is 0 Å². The molecule has 0 bridgehead atoms. The van der Waals surface area contributed by atoms with Crippen LogP contribution in [-0.2, 0) is 27.5 Å². The summed E-state index contributed by atoms with van der Waals surface area (Å²) in [5.41, 5.74) is 12.3. The molecule has 68 valence electrons. The zero-order valence-corrected chi connectivity index (χ0v) is 9.12. The van der Waals surface area contributed by atoms with Crippen molar-refractivity contribution in [3.05, 3.63) is 35.9 Å². The summed E-state index contributed by atoms with van der Waals surface area (Å²) in [4.78, 5) is 0. The summed E-state index contributed by atoms with van der Waals surface area (Å²) in [5.74, 6) is 0. The van der Waals surface area contributed by atoms with Gasteiger partial charge in [-0.05, 0) is 12.0 Å². The van der Waals surface area contributed by atoms with E-state index >= 15 is 0 Å². The summed E-state index contributed by atoms with van der Waals surface area (Å²) in [6, 6.07) is 10.2. The summed E-state index contributed by atoms with van der Waals surface area (Å²) < 4.78 is 0. The number of rotatable bonds is 3. The van der Waals surface area contributed by atoms with Gasteiger partial charge in [0.2, 0.25) is 0 Å². The number of nitrogens with two attached hydrogens (primary N) is 2. The van der Waals surface area contributed by atoms with Crippen molar-refractivity contribution in [1.29, 1.82) is 0 Å². The Morgan fingerprint density at radius 2 is 1.75 bits per heavy atom. The van der Waals surface area contributed by atoms with E-state index in [1.54, 1.807) is 0 Å². The van der Waals surface area contributed by atoms with E-state index in [2.05, 4.69) is 12.1 Å². The minimum atomic E-state index is 0. The van der Waals surface area contributed by atoms with Gasteiger partial charge in [-0.2, -0.15) is 0 Å². The molecule has 0 aromatic heterocycles. The van der Waals surface area contributed by atoms with Crippen LogP contribution in [0.1, 0.15) is 5.56 Å². The molecule has 4 N–H and O–H groups in total. The molecular formula is C9H14N2Pt+2. The maximum absolute atomic E-state index is 5.68. The third-order valence-corrected chi connectivity index (χ3v) is 1.64. The van der Waals surface area contributed by atoms with Crippen LogP contribution < -0.4 is 11.5 Å². The van der Waals surface area contributed by atoms with Gasteiger partial charge in [0, 0.05) is 12.6 Å². The van der Waals surface area contributed by atoms with Gasteiger partial charge in [-0.25, -0.2) is 0 Å². The van der Waals surface area contributed by atoms with E-state index in [-0.39, 0.29) is 27.1 Å². The van der Waals surface area contributed by atoms with Crippen LogP contribution in [0.15, 0.2) is 30.3 Å². The maximum Gasteiger partial charge on any atom is 2.00 e. The first-order valence-corrected chi connectivity index (χ1v) is 3.82. The standard InChI is InChI=1S/C9H14N2.Pt/c10-7-9(11)6-8-4-2-1-3-5-8;/h1-5,9H,6-7,10-11H2;/q;+2. The van der Waals surface area contributed by atoms with Gasteiger partial charge in [-0.3, -0.25) is 0 Å². The minimum Gasteiger partial charge on any atom is -0.329 e. The molecule has 0 spiro atoms. The topological polar surface area (TPSA) is 52.0 Å². The smallest absolute Gasteiger partial charge is 0.329 e. The first kappa shape index (κ1) is 11.8. The van der Waals surface area contributed by atoms with Gasteiger partial charge in [-0.1, -0.05) is 30.3 Å². The van der Waals surface area contributed by atoms with Crippen molar-refractivity contribution in [2.45, 2.75) is 12.5 Å². The first-order valence-electron chi connectivity index (χ1n) is 3.82. The number of benzene rings is 1. The number of hydrogen-bond donors (Lipinski definition) is 2. The van der Waals surface area contributed by atoms with Gasteiger partial charge in [0.15, 0.2) is 0 Å². The van der Waals surface area contributed by atoms with Gasteiger partial charge in [-0.15, -0.1) is 0 Å². The van der Waals surface area contributed by atoms with E-state index in [1.807, 2.05) is 18.2 Å².